The quantitative estimate of drug-likeness (QED) is 0.472. The van der Waals surface area contributed by atoms with Crippen LogP contribution in [0.3, 0.4) is 0 Å². The second-order valence-electron chi connectivity index (χ2n) is 10.1. The van der Waals surface area contributed by atoms with E-state index in [-0.39, 0.29) is 25.1 Å². The molecule has 0 spiro atoms. The van der Waals surface area contributed by atoms with Gasteiger partial charge in [-0.2, -0.15) is 0 Å². The molecule has 0 bridgehead atoms. The van der Waals surface area contributed by atoms with Gasteiger partial charge in [-0.05, 0) is 58.4 Å². The summed E-state index contributed by atoms with van der Waals surface area (Å²) in [4.78, 5) is 30.7. The summed E-state index contributed by atoms with van der Waals surface area (Å²) < 4.78 is 51.8. The number of carbonyl (C=O) groups is 2. The molecular weight excluding hydrogens is 500 g/mol. The average molecular weight is 532 g/mol. The predicted octanol–water partition coefficient (Wildman–Crippen LogP) is 5.10. The van der Waals surface area contributed by atoms with Crippen molar-refractivity contribution in [2.45, 2.75) is 58.3 Å². The molecule has 0 aliphatic carbocycles. The lowest BCUT2D eigenvalue weighted by molar-refractivity contribution is -0.0889. The van der Waals surface area contributed by atoms with Crippen LogP contribution in [0.5, 0.6) is 11.6 Å². The number of furan rings is 1. The number of amides is 2. The zero-order chi connectivity index (χ0) is 27.7. The lowest BCUT2D eigenvalue weighted by Crippen LogP contribution is -2.59. The van der Waals surface area contributed by atoms with Gasteiger partial charge in [-0.1, -0.05) is 6.07 Å². The third-order valence-electron chi connectivity index (χ3n) is 6.00. The minimum atomic E-state index is -3.35. The molecule has 2 amide bonds. The Bertz CT molecular complexity index is 1330. The van der Waals surface area contributed by atoms with Gasteiger partial charge in [-0.3, -0.25) is 4.79 Å². The molecule has 4 rings (SSSR count). The van der Waals surface area contributed by atoms with Gasteiger partial charge in [-0.15, -0.1) is 0 Å². The molecule has 3 heterocycles. The van der Waals surface area contributed by atoms with E-state index in [1.807, 2.05) is 0 Å². The highest BCUT2D eigenvalue weighted by Crippen LogP contribution is 2.32. The van der Waals surface area contributed by atoms with Crippen LogP contribution in [0.25, 0.3) is 11.0 Å². The number of ether oxygens (including phenoxy) is 3. The molecule has 1 aromatic carbocycles. The molecule has 38 heavy (non-hydrogen) atoms. The number of aromatic nitrogens is 1. The van der Waals surface area contributed by atoms with Crippen LogP contribution in [-0.4, -0.2) is 59.6 Å². The van der Waals surface area contributed by atoms with Gasteiger partial charge in [0.2, 0.25) is 5.88 Å². The minimum absolute atomic E-state index is 0.0247. The van der Waals surface area contributed by atoms with Crippen LogP contribution < -0.4 is 14.8 Å². The number of fused-ring (bicyclic) bond motifs is 1. The first-order valence-corrected chi connectivity index (χ1v) is 12.2. The van der Waals surface area contributed by atoms with E-state index in [9.17, 15) is 18.4 Å². The standard InChI is InChI=1S/C27H31F2N3O6/c1-16-23(24(33)31-21-11-12-32(15-27(21,28)29)25(34)38-26(2,3)4)19-13-18(9-10-20(19)37-16)36-14-17-7-6-8-22(30-17)35-5/h6-10,13,21H,11-12,14-15H2,1-5H3,(H,31,33). The third-order valence-corrected chi connectivity index (χ3v) is 6.00. The maximum Gasteiger partial charge on any atom is 0.410 e. The molecule has 0 saturated carbocycles. The van der Waals surface area contributed by atoms with Gasteiger partial charge >= 0.3 is 6.09 Å². The number of alkyl halides is 2. The summed E-state index contributed by atoms with van der Waals surface area (Å²) in [5, 5.41) is 2.89. The first-order chi connectivity index (χ1) is 17.9. The Kier molecular flexibility index (Phi) is 7.48. The number of pyridine rings is 1. The van der Waals surface area contributed by atoms with Crippen molar-refractivity contribution in [2.24, 2.45) is 0 Å². The summed E-state index contributed by atoms with van der Waals surface area (Å²) in [5.41, 5.74) is 0.414. The number of nitrogens with one attached hydrogen (secondary N) is 1. The first kappa shape index (κ1) is 27.2. The Morgan fingerprint density at radius 2 is 2.00 bits per heavy atom. The lowest BCUT2D eigenvalue weighted by Gasteiger charge is -2.38. The molecule has 1 aliphatic heterocycles. The van der Waals surface area contributed by atoms with Gasteiger partial charge in [0.25, 0.3) is 11.8 Å². The second-order valence-corrected chi connectivity index (χ2v) is 10.1. The smallest absolute Gasteiger partial charge is 0.410 e. The molecule has 3 aromatic rings. The summed E-state index contributed by atoms with van der Waals surface area (Å²) in [6.07, 6.45) is -0.940. The van der Waals surface area contributed by atoms with E-state index >= 15 is 0 Å². The highest BCUT2D eigenvalue weighted by molar-refractivity contribution is 6.07. The molecule has 204 valence electrons. The third kappa shape index (κ3) is 6.15. The normalized spacial score (nSPS) is 17.2. The summed E-state index contributed by atoms with van der Waals surface area (Å²) in [5.74, 6) is -2.84. The largest absolute Gasteiger partial charge is 0.487 e. The lowest BCUT2D eigenvalue weighted by atomic mass is 10.00. The fraction of sp³-hybridized carbons (Fsp3) is 0.444. The molecule has 2 aromatic heterocycles. The van der Waals surface area contributed by atoms with Gasteiger partial charge in [0.05, 0.1) is 31.0 Å². The number of hydrogen-bond donors (Lipinski definition) is 1. The van der Waals surface area contributed by atoms with Crippen LogP contribution >= 0.6 is 0 Å². The highest BCUT2D eigenvalue weighted by atomic mass is 19.3. The topological polar surface area (TPSA) is 103 Å². The predicted molar refractivity (Wildman–Crippen MR) is 135 cm³/mol. The van der Waals surface area contributed by atoms with Crippen molar-refractivity contribution < 1.29 is 37.0 Å². The maximum atomic E-state index is 15.0. The number of halogens is 2. The fourth-order valence-corrected chi connectivity index (χ4v) is 4.21. The number of methoxy groups -OCH3 is 1. The highest BCUT2D eigenvalue weighted by Gasteiger charge is 2.47. The van der Waals surface area contributed by atoms with Crippen LogP contribution in [0.15, 0.2) is 40.8 Å². The van der Waals surface area contributed by atoms with E-state index in [1.54, 1.807) is 64.1 Å². The van der Waals surface area contributed by atoms with Crippen molar-refractivity contribution in [3.05, 3.63) is 53.4 Å². The van der Waals surface area contributed by atoms with Crippen molar-refractivity contribution in [3.63, 3.8) is 0 Å². The van der Waals surface area contributed by atoms with E-state index in [1.165, 1.54) is 7.11 Å². The Balaban J connectivity index is 1.47. The van der Waals surface area contributed by atoms with Crippen LogP contribution in [-0.2, 0) is 11.3 Å². The average Bonchev–Trinajstić information content (AvgIpc) is 3.17. The SMILES string of the molecule is COc1cccc(COc2ccc3oc(C)c(C(=O)NC4CCN(C(=O)OC(C)(C)C)CC4(F)F)c3c2)n1. The van der Waals surface area contributed by atoms with Crippen molar-refractivity contribution in [3.8, 4) is 11.6 Å². The van der Waals surface area contributed by atoms with Crippen LogP contribution in [0, 0.1) is 6.92 Å². The molecule has 1 unspecified atom stereocenters. The van der Waals surface area contributed by atoms with Gasteiger partial charge in [0.1, 0.15) is 29.3 Å². The Labute approximate surface area is 219 Å². The first-order valence-electron chi connectivity index (χ1n) is 12.2. The maximum absolute atomic E-state index is 15.0. The number of rotatable bonds is 6. The van der Waals surface area contributed by atoms with E-state index in [0.29, 0.717) is 34.1 Å². The molecule has 9 nitrogen and oxygen atoms in total. The number of nitrogens with zero attached hydrogens (tertiary/aromatic N) is 2. The zero-order valence-corrected chi connectivity index (χ0v) is 22.0. The minimum Gasteiger partial charge on any atom is -0.487 e. The molecule has 11 heteroatoms. The van der Waals surface area contributed by atoms with Gasteiger partial charge in [0, 0.05) is 18.0 Å². The van der Waals surface area contributed by atoms with Gasteiger partial charge in [0.15, 0.2) is 0 Å². The van der Waals surface area contributed by atoms with Crippen molar-refractivity contribution in [1.82, 2.24) is 15.2 Å². The zero-order valence-electron chi connectivity index (χ0n) is 22.0. The molecule has 0 radical (unpaired) electrons. The van der Waals surface area contributed by atoms with E-state index in [0.717, 1.165) is 4.90 Å². The monoisotopic (exact) mass is 531 g/mol. The van der Waals surface area contributed by atoms with E-state index < -0.39 is 36.1 Å². The van der Waals surface area contributed by atoms with E-state index in [4.69, 9.17) is 18.6 Å². The van der Waals surface area contributed by atoms with Crippen molar-refractivity contribution >= 4 is 23.0 Å². The molecular formula is C27H31F2N3O6. The molecule has 1 saturated heterocycles. The number of carbonyl (C=O) groups excluding carboxylic acids is 2. The number of aryl methyl sites for hydroxylation is 1. The number of benzene rings is 1. The molecule has 1 aliphatic rings. The van der Waals surface area contributed by atoms with E-state index in [2.05, 4.69) is 10.3 Å². The van der Waals surface area contributed by atoms with Crippen molar-refractivity contribution in [1.29, 1.82) is 0 Å². The number of hydrogen-bond acceptors (Lipinski definition) is 7. The van der Waals surface area contributed by atoms with Crippen LogP contribution in [0.1, 0.15) is 49.0 Å². The molecule has 1 N–H and O–H groups in total. The summed E-state index contributed by atoms with van der Waals surface area (Å²) in [7, 11) is 1.52. The van der Waals surface area contributed by atoms with Crippen molar-refractivity contribution in [2.75, 3.05) is 20.2 Å². The van der Waals surface area contributed by atoms with Crippen LogP contribution in [0.4, 0.5) is 13.6 Å². The Hall–Kier alpha value is -3.89. The summed E-state index contributed by atoms with van der Waals surface area (Å²) in [6.45, 7) is 5.92. The Morgan fingerprint density at radius 1 is 1.24 bits per heavy atom. The Morgan fingerprint density at radius 3 is 2.68 bits per heavy atom. The second kappa shape index (κ2) is 10.5. The summed E-state index contributed by atoms with van der Waals surface area (Å²) in [6, 6.07) is 8.81. The van der Waals surface area contributed by atoms with Gasteiger partial charge < -0.3 is 28.8 Å². The molecule has 1 fully saturated rings. The molecule has 1 atom stereocenters. The number of piperidine rings is 1. The van der Waals surface area contributed by atoms with Crippen LogP contribution in [0.2, 0.25) is 0 Å². The fourth-order valence-electron chi connectivity index (χ4n) is 4.21. The van der Waals surface area contributed by atoms with Gasteiger partial charge in [-0.25, -0.2) is 18.6 Å². The number of likely N-dealkylation sites (tertiary alicyclic amines) is 1. The summed E-state index contributed by atoms with van der Waals surface area (Å²) >= 11 is 0.